The van der Waals surface area contributed by atoms with Crippen LogP contribution in [0.15, 0.2) is 66.4 Å². The van der Waals surface area contributed by atoms with E-state index in [1.54, 1.807) is 30.3 Å². The summed E-state index contributed by atoms with van der Waals surface area (Å²) >= 11 is 6.29. The van der Waals surface area contributed by atoms with Crippen LogP contribution in [-0.2, 0) is 16.0 Å². The highest BCUT2D eigenvalue weighted by Crippen LogP contribution is 2.36. The molecular formula is C27H25ClN2O3. The van der Waals surface area contributed by atoms with E-state index in [0.717, 1.165) is 23.1 Å². The monoisotopic (exact) mass is 460 g/mol. The predicted molar refractivity (Wildman–Crippen MR) is 133 cm³/mol. The van der Waals surface area contributed by atoms with Crippen molar-refractivity contribution in [3.8, 4) is 5.75 Å². The molecule has 0 aromatic heterocycles. The highest BCUT2D eigenvalue weighted by Gasteiger charge is 2.40. The van der Waals surface area contributed by atoms with Crippen molar-refractivity contribution < 1.29 is 14.3 Å². The molecule has 1 heterocycles. The molecule has 0 aliphatic carbocycles. The van der Waals surface area contributed by atoms with Gasteiger partial charge < -0.3 is 10.1 Å². The number of methoxy groups -OCH3 is 1. The van der Waals surface area contributed by atoms with Crippen LogP contribution < -0.4 is 15.0 Å². The molecule has 1 aliphatic rings. The van der Waals surface area contributed by atoms with Crippen LogP contribution in [0.1, 0.15) is 29.2 Å². The second kappa shape index (κ2) is 9.12. The number of anilines is 2. The zero-order chi connectivity index (χ0) is 23.7. The summed E-state index contributed by atoms with van der Waals surface area (Å²) in [5, 5.41) is 3.56. The van der Waals surface area contributed by atoms with Crippen LogP contribution in [0, 0.1) is 13.8 Å². The van der Waals surface area contributed by atoms with Crippen LogP contribution in [0.2, 0.25) is 5.02 Å². The van der Waals surface area contributed by atoms with E-state index in [9.17, 15) is 9.59 Å². The summed E-state index contributed by atoms with van der Waals surface area (Å²) in [7, 11) is 1.54. The van der Waals surface area contributed by atoms with Gasteiger partial charge in [-0.05, 0) is 67.3 Å². The smallest absolute Gasteiger partial charge is 0.282 e. The number of carbonyl (C=O) groups excluding carboxylic acids is 2. The molecule has 3 aromatic carbocycles. The van der Waals surface area contributed by atoms with Crippen molar-refractivity contribution in [1.29, 1.82) is 0 Å². The lowest BCUT2D eigenvalue weighted by molar-refractivity contribution is -0.120. The lowest BCUT2D eigenvalue weighted by Gasteiger charge is -2.16. The molecule has 1 N–H and O–H groups in total. The van der Waals surface area contributed by atoms with Crippen LogP contribution in [0.5, 0.6) is 5.75 Å². The Bertz CT molecular complexity index is 1280. The predicted octanol–water partition coefficient (Wildman–Crippen LogP) is 5.92. The number of nitrogens with zero attached hydrogens (tertiary/aromatic N) is 1. The molecule has 1 aliphatic heterocycles. The van der Waals surface area contributed by atoms with Crippen LogP contribution >= 0.6 is 11.6 Å². The van der Waals surface area contributed by atoms with Gasteiger partial charge in [-0.25, -0.2) is 4.90 Å². The maximum atomic E-state index is 13.6. The fourth-order valence-electron chi connectivity index (χ4n) is 3.99. The number of halogens is 1. The largest absolute Gasteiger partial charge is 0.495 e. The highest BCUT2D eigenvalue weighted by atomic mass is 35.5. The molecule has 0 atom stereocenters. The lowest BCUT2D eigenvalue weighted by atomic mass is 9.97. The van der Waals surface area contributed by atoms with E-state index in [-0.39, 0.29) is 11.6 Å². The van der Waals surface area contributed by atoms with Gasteiger partial charge in [0.05, 0.1) is 23.4 Å². The summed E-state index contributed by atoms with van der Waals surface area (Å²) in [6.45, 7) is 5.99. The quantitative estimate of drug-likeness (QED) is 0.463. The highest BCUT2D eigenvalue weighted by molar-refractivity contribution is 6.46. The second-order valence-corrected chi connectivity index (χ2v) is 8.42. The summed E-state index contributed by atoms with van der Waals surface area (Å²) in [6.07, 6.45) is 0.874. The van der Waals surface area contributed by atoms with E-state index in [1.165, 1.54) is 12.0 Å². The second-order valence-electron chi connectivity index (χ2n) is 8.01. The molecule has 4 rings (SSSR count). The molecule has 0 unspecified atom stereocenters. The van der Waals surface area contributed by atoms with E-state index < -0.39 is 5.91 Å². The number of amides is 2. The molecular weight excluding hydrogens is 436 g/mol. The standard InChI is InChI=1S/C27H25ClN2O3/c1-5-18-7-10-20(11-8-18)30-26(31)24(21-12-6-16(2)14-17(21)3)25(27(30)32)29-19-9-13-23(33-4)22(28)15-19/h6-15,29H,5H2,1-4H3. The molecule has 6 heteroatoms. The van der Waals surface area contributed by atoms with Crippen molar-refractivity contribution in [1.82, 2.24) is 0 Å². The van der Waals surface area contributed by atoms with E-state index in [1.807, 2.05) is 44.2 Å². The molecule has 3 aromatic rings. The third kappa shape index (κ3) is 4.24. The average molecular weight is 461 g/mol. The third-order valence-electron chi connectivity index (χ3n) is 5.76. The van der Waals surface area contributed by atoms with Crippen molar-refractivity contribution >= 4 is 40.4 Å². The van der Waals surface area contributed by atoms with Gasteiger partial charge in [0.15, 0.2) is 0 Å². The molecule has 0 saturated carbocycles. The Hall–Kier alpha value is -3.57. The van der Waals surface area contributed by atoms with Crippen LogP contribution in [0.4, 0.5) is 11.4 Å². The number of hydrogen-bond acceptors (Lipinski definition) is 4. The van der Waals surface area contributed by atoms with E-state index in [2.05, 4.69) is 12.2 Å². The van der Waals surface area contributed by atoms with Crippen molar-refractivity contribution in [2.45, 2.75) is 27.2 Å². The Morgan fingerprint density at radius 1 is 0.939 bits per heavy atom. The number of hydrogen-bond donors (Lipinski definition) is 1. The van der Waals surface area contributed by atoms with Gasteiger partial charge in [-0.15, -0.1) is 0 Å². The molecule has 33 heavy (non-hydrogen) atoms. The van der Waals surface area contributed by atoms with Crippen LogP contribution in [-0.4, -0.2) is 18.9 Å². The van der Waals surface area contributed by atoms with Crippen LogP contribution in [0.3, 0.4) is 0 Å². The lowest BCUT2D eigenvalue weighted by Crippen LogP contribution is -2.32. The van der Waals surface area contributed by atoms with E-state index >= 15 is 0 Å². The number of benzene rings is 3. The van der Waals surface area contributed by atoms with Crippen molar-refractivity contribution in [2.75, 3.05) is 17.3 Å². The van der Waals surface area contributed by atoms with Gasteiger partial charge in [0.2, 0.25) is 0 Å². The van der Waals surface area contributed by atoms with Crippen LogP contribution in [0.25, 0.3) is 5.57 Å². The summed E-state index contributed by atoms with van der Waals surface area (Å²) < 4.78 is 5.22. The van der Waals surface area contributed by atoms with E-state index in [4.69, 9.17) is 16.3 Å². The Labute approximate surface area is 198 Å². The number of carbonyl (C=O) groups is 2. The zero-order valence-corrected chi connectivity index (χ0v) is 19.8. The fourth-order valence-corrected chi connectivity index (χ4v) is 4.25. The summed E-state index contributed by atoms with van der Waals surface area (Å²) in [5.41, 5.74) is 5.52. The van der Waals surface area contributed by atoms with Gasteiger partial charge in [-0.1, -0.05) is 54.4 Å². The van der Waals surface area contributed by atoms with Crippen molar-refractivity contribution in [3.05, 3.63) is 93.6 Å². The summed E-state index contributed by atoms with van der Waals surface area (Å²) in [6, 6.07) is 18.4. The maximum Gasteiger partial charge on any atom is 0.282 e. The van der Waals surface area contributed by atoms with Gasteiger partial charge in [0, 0.05) is 5.69 Å². The van der Waals surface area contributed by atoms with Gasteiger partial charge in [0.25, 0.3) is 11.8 Å². The van der Waals surface area contributed by atoms with Gasteiger partial charge in [-0.3, -0.25) is 9.59 Å². The minimum absolute atomic E-state index is 0.216. The Kier molecular flexibility index (Phi) is 6.25. The first-order valence-electron chi connectivity index (χ1n) is 10.7. The van der Waals surface area contributed by atoms with Gasteiger partial charge in [-0.2, -0.15) is 0 Å². The topological polar surface area (TPSA) is 58.6 Å². The zero-order valence-electron chi connectivity index (χ0n) is 19.0. The van der Waals surface area contributed by atoms with E-state index in [0.29, 0.717) is 33.3 Å². The molecule has 5 nitrogen and oxygen atoms in total. The average Bonchev–Trinajstić information content (AvgIpc) is 3.03. The number of aryl methyl sites for hydroxylation is 3. The molecule has 0 fully saturated rings. The minimum atomic E-state index is -0.411. The maximum absolute atomic E-state index is 13.6. The van der Waals surface area contributed by atoms with Crippen molar-refractivity contribution in [2.24, 2.45) is 0 Å². The number of rotatable bonds is 6. The first-order chi connectivity index (χ1) is 15.8. The molecule has 0 spiro atoms. The third-order valence-corrected chi connectivity index (χ3v) is 6.05. The Morgan fingerprint density at radius 3 is 2.27 bits per heavy atom. The van der Waals surface area contributed by atoms with Crippen molar-refractivity contribution in [3.63, 3.8) is 0 Å². The molecule has 0 saturated heterocycles. The first kappa shape index (κ1) is 22.6. The fraction of sp³-hybridized carbons (Fsp3) is 0.185. The molecule has 0 radical (unpaired) electrons. The minimum Gasteiger partial charge on any atom is -0.495 e. The molecule has 2 amide bonds. The first-order valence-corrected chi connectivity index (χ1v) is 11.1. The Balaban J connectivity index is 1.82. The number of nitrogens with one attached hydrogen (secondary N) is 1. The number of ether oxygens (including phenoxy) is 1. The summed E-state index contributed by atoms with van der Waals surface area (Å²) in [5.74, 6) is -0.248. The normalized spacial score (nSPS) is 13.7. The summed E-state index contributed by atoms with van der Waals surface area (Å²) in [4.78, 5) is 28.4. The molecule has 0 bridgehead atoms. The van der Waals surface area contributed by atoms with Gasteiger partial charge >= 0.3 is 0 Å². The SMILES string of the molecule is CCc1ccc(N2C(=O)C(Nc3ccc(OC)c(Cl)c3)=C(c3ccc(C)cc3C)C2=O)cc1. The Morgan fingerprint density at radius 2 is 1.67 bits per heavy atom. The van der Waals surface area contributed by atoms with Gasteiger partial charge in [0.1, 0.15) is 11.4 Å². The molecule has 168 valence electrons. The number of imide groups is 1.